The number of hydrogen-bond donors (Lipinski definition) is 1. The second-order valence-electron chi connectivity index (χ2n) is 3.32. The average Bonchev–Trinajstić information content (AvgIpc) is 2.13. The molecule has 0 aliphatic carbocycles. The number of hydrogen-bond acceptors (Lipinski definition) is 4. The summed E-state index contributed by atoms with van der Waals surface area (Å²) in [5, 5.41) is 8.99. The molecule has 1 heterocycles. The Morgan fingerprint density at radius 3 is 2.73 bits per heavy atom. The summed E-state index contributed by atoms with van der Waals surface area (Å²) in [5.41, 5.74) is 0. The van der Waals surface area contributed by atoms with Crippen LogP contribution in [0.1, 0.15) is 13.8 Å². The van der Waals surface area contributed by atoms with Gasteiger partial charge in [0.25, 0.3) is 0 Å². The molecule has 0 aliphatic rings. The van der Waals surface area contributed by atoms with Crippen molar-refractivity contribution in [3.05, 3.63) is 17.5 Å². The van der Waals surface area contributed by atoms with Crippen molar-refractivity contribution in [2.45, 2.75) is 19.9 Å². The summed E-state index contributed by atoms with van der Waals surface area (Å²) in [6.45, 7) is 3.64. The molecule has 0 aliphatic heterocycles. The SMILES string of the molecule is CC(C)N(CC(=O)O)c1cncc(Cl)n1. The summed E-state index contributed by atoms with van der Waals surface area (Å²) in [6, 6.07) is 0.0221. The van der Waals surface area contributed by atoms with E-state index in [4.69, 9.17) is 16.7 Å². The maximum atomic E-state index is 10.6. The minimum atomic E-state index is -0.912. The highest BCUT2D eigenvalue weighted by Crippen LogP contribution is 2.14. The molecule has 0 atom stereocenters. The Labute approximate surface area is 92.7 Å². The maximum Gasteiger partial charge on any atom is 0.323 e. The molecule has 1 aromatic heterocycles. The molecule has 0 saturated carbocycles. The monoisotopic (exact) mass is 229 g/mol. The van der Waals surface area contributed by atoms with Crippen LogP contribution < -0.4 is 4.90 Å². The number of aromatic nitrogens is 2. The van der Waals surface area contributed by atoms with Crippen molar-refractivity contribution in [2.24, 2.45) is 0 Å². The number of carboxylic acid groups (broad SMARTS) is 1. The van der Waals surface area contributed by atoms with Crippen LogP contribution >= 0.6 is 11.6 Å². The van der Waals surface area contributed by atoms with Gasteiger partial charge < -0.3 is 10.0 Å². The molecule has 6 heteroatoms. The third kappa shape index (κ3) is 3.36. The molecule has 1 N–H and O–H groups in total. The zero-order valence-electron chi connectivity index (χ0n) is 8.51. The van der Waals surface area contributed by atoms with E-state index in [-0.39, 0.29) is 17.7 Å². The first kappa shape index (κ1) is 11.7. The van der Waals surface area contributed by atoms with Crippen LogP contribution in [-0.4, -0.2) is 33.6 Å². The second kappa shape index (κ2) is 4.93. The van der Waals surface area contributed by atoms with E-state index in [0.29, 0.717) is 5.82 Å². The van der Waals surface area contributed by atoms with Crippen LogP contribution in [0.5, 0.6) is 0 Å². The molecule has 82 valence electrons. The van der Waals surface area contributed by atoms with Crippen LogP contribution in [0.4, 0.5) is 5.82 Å². The molecule has 0 fully saturated rings. The fourth-order valence-electron chi connectivity index (χ4n) is 1.14. The van der Waals surface area contributed by atoms with Crippen molar-refractivity contribution in [3.8, 4) is 0 Å². The van der Waals surface area contributed by atoms with E-state index in [1.54, 1.807) is 4.90 Å². The van der Waals surface area contributed by atoms with Gasteiger partial charge in [0, 0.05) is 6.04 Å². The Hall–Kier alpha value is -1.36. The minimum absolute atomic E-state index is 0.0221. The average molecular weight is 230 g/mol. The highest BCUT2D eigenvalue weighted by molar-refractivity contribution is 6.29. The van der Waals surface area contributed by atoms with Crippen molar-refractivity contribution < 1.29 is 9.90 Å². The zero-order chi connectivity index (χ0) is 11.4. The Bertz CT molecular complexity index is 357. The van der Waals surface area contributed by atoms with Crippen molar-refractivity contribution in [1.82, 2.24) is 9.97 Å². The number of carboxylic acids is 1. The summed E-state index contributed by atoms with van der Waals surface area (Å²) in [4.78, 5) is 20.1. The van der Waals surface area contributed by atoms with Gasteiger partial charge in [0.15, 0.2) is 0 Å². The fourth-order valence-corrected chi connectivity index (χ4v) is 1.29. The van der Waals surface area contributed by atoms with Gasteiger partial charge in [-0.2, -0.15) is 0 Å². The van der Waals surface area contributed by atoms with Gasteiger partial charge in [0.2, 0.25) is 0 Å². The molecule has 0 aromatic carbocycles. The number of anilines is 1. The number of aliphatic carboxylic acids is 1. The largest absolute Gasteiger partial charge is 0.480 e. The molecule has 0 saturated heterocycles. The Morgan fingerprint density at radius 2 is 2.27 bits per heavy atom. The third-order valence-corrected chi connectivity index (χ3v) is 2.00. The molecule has 0 bridgehead atoms. The molecule has 0 unspecified atom stereocenters. The topological polar surface area (TPSA) is 66.3 Å². The number of rotatable bonds is 4. The van der Waals surface area contributed by atoms with Crippen LogP contribution in [0.15, 0.2) is 12.4 Å². The lowest BCUT2D eigenvalue weighted by Crippen LogP contribution is -2.36. The molecule has 1 rings (SSSR count). The van der Waals surface area contributed by atoms with Gasteiger partial charge in [-0.25, -0.2) is 4.98 Å². The molecular formula is C9H12ClN3O2. The van der Waals surface area contributed by atoms with E-state index in [2.05, 4.69) is 9.97 Å². The van der Waals surface area contributed by atoms with Crippen LogP contribution in [0.3, 0.4) is 0 Å². The lowest BCUT2D eigenvalue weighted by molar-refractivity contribution is -0.135. The Kier molecular flexibility index (Phi) is 3.85. The quantitative estimate of drug-likeness (QED) is 0.846. The standard InChI is InChI=1S/C9H12ClN3O2/c1-6(2)13(5-9(14)15)8-4-11-3-7(10)12-8/h3-4,6H,5H2,1-2H3,(H,14,15). The summed E-state index contributed by atoms with van der Waals surface area (Å²) in [6.07, 6.45) is 2.90. The first-order chi connectivity index (χ1) is 7.00. The van der Waals surface area contributed by atoms with Crippen molar-refractivity contribution in [1.29, 1.82) is 0 Å². The molecule has 0 amide bonds. The normalized spacial score (nSPS) is 10.4. The minimum Gasteiger partial charge on any atom is -0.480 e. The van der Waals surface area contributed by atoms with Gasteiger partial charge in [-0.1, -0.05) is 11.6 Å². The number of nitrogens with zero attached hydrogens (tertiary/aromatic N) is 3. The first-order valence-corrected chi connectivity index (χ1v) is 4.84. The van der Waals surface area contributed by atoms with Crippen molar-refractivity contribution in [2.75, 3.05) is 11.4 Å². The number of carbonyl (C=O) groups is 1. The lowest BCUT2D eigenvalue weighted by Gasteiger charge is -2.25. The molecule has 0 radical (unpaired) electrons. The predicted octanol–water partition coefficient (Wildman–Crippen LogP) is 1.43. The van der Waals surface area contributed by atoms with E-state index in [1.165, 1.54) is 12.4 Å². The fraction of sp³-hybridized carbons (Fsp3) is 0.444. The molecule has 15 heavy (non-hydrogen) atoms. The molecule has 0 spiro atoms. The summed E-state index contributed by atoms with van der Waals surface area (Å²) < 4.78 is 0. The zero-order valence-corrected chi connectivity index (χ0v) is 9.27. The lowest BCUT2D eigenvalue weighted by atomic mass is 10.3. The molecule has 5 nitrogen and oxygen atoms in total. The van der Waals surface area contributed by atoms with Gasteiger partial charge in [-0.05, 0) is 13.8 Å². The predicted molar refractivity (Wildman–Crippen MR) is 57.2 cm³/mol. The van der Waals surface area contributed by atoms with E-state index in [9.17, 15) is 4.79 Å². The van der Waals surface area contributed by atoms with Gasteiger partial charge in [-0.15, -0.1) is 0 Å². The molecular weight excluding hydrogens is 218 g/mol. The summed E-state index contributed by atoms with van der Waals surface area (Å²) in [5.74, 6) is -0.439. The number of halogens is 1. The van der Waals surface area contributed by atoms with Gasteiger partial charge in [0.05, 0.1) is 12.4 Å². The highest BCUT2D eigenvalue weighted by atomic mass is 35.5. The van der Waals surface area contributed by atoms with Crippen LogP contribution in [0.2, 0.25) is 5.15 Å². The van der Waals surface area contributed by atoms with Gasteiger partial charge in [0.1, 0.15) is 17.5 Å². The summed E-state index contributed by atoms with van der Waals surface area (Å²) >= 11 is 5.68. The van der Waals surface area contributed by atoms with Crippen LogP contribution in [0.25, 0.3) is 0 Å². The van der Waals surface area contributed by atoms with Crippen molar-refractivity contribution >= 4 is 23.4 Å². The third-order valence-electron chi connectivity index (χ3n) is 1.82. The van der Waals surface area contributed by atoms with E-state index in [1.807, 2.05) is 13.8 Å². The van der Waals surface area contributed by atoms with E-state index in [0.717, 1.165) is 0 Å². The van der Waals surface area contributed by atoms with Crippen molar-refractivity contribution in [3.63, 3.8) is 0 Å². The van der Waals surface area contributed by atoms with E-state index >= 15 is 0 Å². The van der Waals surface area contributed by atoms with Gasteiger partial charge in [-0.3, -0.25) is 9.78 Å². The van der Waals surface area contributed by atoms with Crippen LogP contribution in [0, 0.1) is 0 Å². The first-order valence-electron chi connectivity index (χ1n) is 4.46. The Morgan fingerprint density at radius 1 is 1.60 bits per heavy atom. The highest BCUT2D eigenvalue weighted by Gasteiger charge is 2.15. The van der Waals surface area contributed by atoms with Gasteiger partial charge >= 0.3 is 5.97 Å². The summed E-state index contributed by atoms with van der Waals surface area (Å²) in [7, 11) is 0. The Balaban J connectivity index is 2.93. The van der Waals surface area contributed by atoms with E-state index < -0.39 is 5.97 Å². The molecule has 1 aromatic rings. The maximum absolute atomic E-state index is 10.6. The smallest absolute Gasteiger partial charge is 0.323 e. The second-order valence-corrected chi connectivity index (χ2v) is 3.70. The van der Waals surface area contributed by atoms with Crippen LogP contribution in [-0.2, 0) is 4.79 Å².